The SMILES string of the molecule is C[C@H](NC(=O)OCc1ccccc1)C(=O)N[C@@H](Cc1ccccc1)C(=O)[O-]. The lowest BCUT2D eigenvalue weighted by atomic mass is 10.1. The predicted molar refractivity (Wildman–Crippen MR) is 96.3 cm³/mol. The maximum atomic E-state index is 12.2. The molecule has 2 aromatic rings. The van der Waals surface area contributed by atoms with E-state index in [4.69, 9.17) is 4.74 Å². The highest BCUT2D eigenvalue weighted by Crippen LogP contribution is 2.04. The molecule has 0 saturated carbocycles. The Bertz CT molecular complexity index is 764. The van der Waals surface area contributed by atoms with Gasteiger partial charge in [-0.05, 0) is 24.5 Å². The van der Waals surface area contributed by atoms with Crippen molar-refractivity contribution in [2.45, 2.75) is 32.0 Å². The Labute approximate surface area is 157 Å². The highest BCUT2D eigenvalue weighted by molar-refractivity contribution is 5.88. The summed E-state index contributed by atoms with van der Waals surface area (Å²) in [5.74, 6) is -2.04. The van der Waals surface area contributed by atoms with Crippen LogP contribution in [0.2, 0.25) is 0 Å². The van der Waals surface area contributed by atoms with Gasteiger partial charge in [0.15, 0.2) is 0 Å². The summed E-state index contributed by atoms with van der Waals surface area (Å²) in [5.41, 5.74) is 1.56. The van der Waals surface area contributed by atoms with Crippen LogP contribution in [0.15, 0.2) is 60.7 Å². The van der Waals surface area contributed by atoms with Crippen LogP contribution < -0.4 is 15.7 Å². The Morgan fingerprint density at radius 2 is 1.48 bits per heavy atom. The van der Waals surface area contributed by atoms with E-state index in [1.54, 1.807) is 36.4 Å². The maximum absolute atomic E-state index is 12.2. The number of nitrogens with one attached hydrogen (secondary N) is 2. The average molecular weight is 369 g/mol. The van der Waals surface area contributed by atoms with E-state index in [0.29, 0.717) is 0 Å². The minimum atomic E-state index is -1.40. The first-order valence-corrected chi connectivity index (χ1v) is 8.48. The van der Waals surface area contributed by atoms with E-state index in [9.17, 15) is 19.5 Å². The highest BCUT2D eigenvalue weighted by Gasteiger charge is 2.21. The van der Waals surface area contributed by atoms with Gasteiger partial charge in [0.1, 0.15) is 12.6 Å². The number of carbonyl (C=O) groups is 3. The van der Waals surface area contributed by atoms with Gasteiger partial charge in [-0.25, -0.2) is 4.79 Å². The van der Waals surface area contributed by atoms with Gasteiger partial charge in [0, 0.05) is 0 Å². The fourth-order valence-corrected chi connectivity index (χ4v) is 2.35. The zero-order valence-electron chi connectivity index (χ0n) is 14.9. The number of hydrogen-bond donors (Lipinski definition) is 2. The highest BCUT2D eigenvalue weighted by atomic mass is 16.5. The molecule has 2 rings (SSSR count). The normalized spacial score (nSPS) is 12.5. The van der Waals surface area contributed by atoms with Gasteiger partial charge in [0.2, 0.25) is 5.91 Å². The van der Waals surface area contributed by atoms with E-state index >= 15 is 0 Å². The third-order valence-corrected chi connectivity index (χ3v) is 3.82. The van der Waals surface area contributed by atoms with Crippen LogP contribution in [0.3, 0.4) is 0 Å². The van der Waals surface area contributed by atoms with Crippen molar-refractivity contribution in [3.05, 3.63) is 71.8 Å². The molecule has 0 aliphatic rings. The van der Waals surface area contributed by atoms with Crippen molar-refractivity contribution < 1.29 is 24.2 Å². The zero-order chi connectivity index (χ0) is 19.6. The van der Waals surface area contributed by atoms with Gasteiger partial charge < -0.3 is 25.3 Å². The molecule has 0 aromatic heterocycles. The lowest BCUT2D eigenvalue weighted by molar-refractivity contribution is -0.308. The number of aliphatic carboxylic acids is 1. The van der Waals surface area contributed by atoms with Gasteiger partial charge >= 0.3 is 6.09 Å². The molecule has 2 amide bonds. The van der Waals surface area contributed by atoms with E-state index in [-0.39, 0.29) is 13.0 Å². The van der Waals surface area contributed by atoms with Crippen LogP contribution in [-0.4, -0.2) is 30.1 Å². The molecule has 0 fully saturated rings. The number of carboxylic acid groups (broad SMARTS) is 1. The minimum Gasteiger partial charge on any atom is -0.548 e. The lowest BCUT2D eigenvalue weighted by Gasteiger charge is -2.22. The summed E-state index contributed by atoms with van der Waals surface area (Å²) in [6.07, 6.45) is -0.686. The molecule has 7 heteroatoms. The van der Waals surface area contributed by atoms with Crippen LogP contribution in [0, 0.1) is 0 Å². The number of carboxylic acids is 1. The fourth-order valence-electron chi connectivity index (χ4n) is 2.35. The van der Waals surface area contributed by atoms with E-state index in [2.05, 4.69) is 10.6 Å². The number of amides is 2. The maximum Gasteiger partial charge on any atom is 0.408 e. The molecule has 27 heavy (non-hydrogen) atoms. The fraction of sp³-hybridized carbons (Fsp3) is 0.250. The molecular formula is C20H21N2O5-. The van der Waals surface area contributed by atoms with Crippen molar-refractivity contribution in [3.8, 4) is 0 Å². The second kappa shape index (κ2) is 9.96. The lowest BCUT2D eigenvalue weighted by Crippen LogP contribution is -2.54. The van der Waals surface area contributed by atoms with E-state index in [1.807, 2.05) is 24.3 Å². The summed E-state index contributed by atoms with van der Waals surface area (Å²) < 4.78 is 5.04. The summed E-state index contributed by atoms with van der Waals surface area (Å²) in [6.45, 7) is 1.50. The molecule has 0 spiro atoms. The van der Waals surface area contributed by atoms with E-state index < -0.39 is 30.1 Å². The Morgan fingerprint density at radius 1 is 0.926 bits per heavy atom. The molecule has 2 N–H and O–H groups in total. The Kier molecular flexibility index (Phi) is 7.37. The van der Waals surface area contributed by atoms with Gasteiger partial charge in [-0.2, -0.15) is 0 Å². The monoisotopic (exact) mass is 369 g/mol. The summed E-state index contributed by atoms with van der Waals surface area (Å²) in [4.78, 5) is 35.3. The van der Waals surface area contributed by atoms with Crippen molar-refractivity contribution in [1.29, 1.82) is 0 Å². The molecule has 0 aliphatic carbocycles. The third-order valence-electron chi connectivity index (χ3n) is 3.82. The topological polar surface area (TPSA) is 108 Å². The number of hydrogen-bond acceptors (Lipinski definition) is 5. The third kappa shape index (κ3) is 6.81. The number of alkyl carbamates (subject to hydrolysis) is 1. The van der Waals surface area contributed by atoms with Crippen LogP contribution >= 0.6 is 0 Å². The molecule has 2 atom stereocenters. The predicted octanol–water partition coefficient (Wildman–Crippen LogP) is 0.779. The van der Waals surface area contributed by atoms with Gasteiger partial charge in [0.25, 0.3) is 0 Å². The summed E-state index contributed by atoms with van der Waals surface area (Å²) in [6, 6.07) is 15.8. The zero-order valence-corrected chi connectivity index (χ0v) is 14.9. The van der Waals surface area contributed by atoms with Gasteiger partial charge in [-0.15, -0.1) is 0 Å². The van der Waals surface area contributed by atoms with Crippen LogP contribution in [0.5, 0.6) is 0 Å². The second-order valence-electron chi connectivity index (χ2n) is 6.00. The summed E-state index contributed by atoms with van der Waals surface area (Å²) >= 11 is 0. The standard InChI is InChI=1S/C20H22N2O5/c1-14(21-20(26)27-13-16-10-6-3-7-11-16)18(23)22-17(19(24)25)12-15-8-4-2-5-9-15/h2-11,14,17H,12-13H2,1H3,(H,21,26)(H,22,23)(H,24,25)/p-1/t14-,17-/m0/s1. The van der Waals surface area contributed by atoms with Crippen molar-refractivity contribution >= 4 is 18.0 Å². The second-order valence-corrected chi connectivity index (χ2v) is 6.00. The Hall–Kier alpha value is -3.35. The Balaban J connectivity index is 1.83. The number of ether oxygens (including phenoxy) is 1. The van der Waals surface area contributed by atoms with Crippen molar-refractivity contribution in [1.82, 2.24) is 10.6 Å². The smallest absolute Gasteiger partial charge is 0.408 e. The largest absolute Gasteiger partial charge is 0.548 e. The number of carbonyl (C=O) groups excluding carboxylic acids is 3. The molecule has 0 saturated heterocycles. The van der Waals surface area contributed by atoms with Crippen LogP contribution in [0.4, 0.5) is 4.79 Å². The minimum absolute atomic E-state index is 0.0662. The molecule has 0 heterocycles. The van der Waals surface area contributed by atoms with Crippen LogP contribution in [-0.2, 0) is 27.4 Å². The number of benzene rings is 2. The first-order valence-electron chi connectivity index (χ1n) is 8.48. The van der Waals surface area contributed by atoms with Crippen molar-refractivity contribution in [2.75, 3.05) is 0 Å². The van der Waals surface area contributed by atoms with Gasteiger partial charge in [-0.1, -0.05) is 60.7 Å². The molecule has 0 aliphatic heterocycles. The van der Waals surface area contributed by atoms with Crippen LogP contribution in [0.1, 0.15) is 18.1 Å². The number of rotatable bonds is 8. The van der Waals surface area contributed by atoms with Gasteiger partial charge in [-0.3, -0.25) is 4.79 Å². The first-order chi connectivity index (χ1) is 13.0. The summed E-state index contributed by atoms with van der Waals surface area (Å²) in [5, 5.41) is 16.0. The quantitative estimate of drug-likeness (QED) is 0.715. The first kappa shape index (κ1) is 20.0. The molecule has 0 unspecified atom stereocenters. The molecule has 0 bridgehead atoms. The van der Waals surface area contributed by atoms with Gasteiger partial charge in [0.05, 0.1) is 12.0 Å². The molecule has 0 radical (unpaired) electrons. The molecule has 142 valence electrons. The average Bonchev–Trinajstić information content (AvgIpc) is 2.67. The van der Waals surface area contributed by atoms with E-state index in [1.165, 1.54) is 6.92 Å². The Morgan fingerprint density at radius 3 is 2.04 bits per heavy atom. The van der Waals surface area contributed by atoms with Crippen LogP contribution in [0.25, 0.3) is 0 Å². The molecular weight excluding hydrogens is 348 g/mol. The summed E-state index contributed by atoms with van der Waals surface area (Å²) in [7, 11) is 0. The van der Waals surface area contributed by atoms with Crippen molar-refractivity contribution in [3.63, 3.8) is 0 Å². The van der Waals surface area contributed by atoms with E-state index in [0.717, 1.165) is 11.1 Å². The molecule has 7 nitrogen and oxygen atoms in total. The molecule has 2 aromatic carbocycles. The van der Waals surface area contributed by atoms with Crippen molar-refractivity contribution in [2.24, 2.45) is 0 Å².